The van der Waals surface area contributed by atoms with Crippen LogP contribution < -0.4 is 10.6 Å². The SMILES string of the molecule is O=C(NCc1noc(-c2ccccc2)n1)N[C@@H](C1CC1)C(F)(F)F. The minimum atomic E-state index is -4.45. The molecule has 0 saturated heterocycles. The summed E-state index contributed by atoms with van der Waals surface area (Å²) in [5.41, 5.74) is 0.714. The maximum absolute atomic E-state index is 12.8. The van der Waals surface area contributed by atoms with Gasteiger partial charge in [0.05, 0.1) is 6.54 Å². The molecule has 1 aliphatic rings. The van der Waals surface area contributed by atoms with Gasteiger partial charge in [0.15, 0.2) is 5.82 Å². The van der Waals surface area contributed by atoms with Crippen LogP contribution in [0, 0.1) is 5.92 Å². The van der Waals surface area contributed by atoms with Crippen molar-refractivity contribution in [1.82, 2.24) is 20.8 Å². The zero-order valence-electron chi connectivity index (χ0n) is 12.5. The Hall–Kier alpha value is -2.58. The number of carbonyl (C=O) groups excluding carboxylic acids is 1. The molecular weight excluding hydrogens is 325 g/mol. The van der Waals surface area contributed by atoms with Crippen LogP contribution in [-0.4, -0.2) is 28.4 Å². The van der Waals surface area contributed by atoms with Crippen LogP contribution in [0.4, 0.5) is 18.0 Å². The Labute approximate surface area is 135 Å². The van der Waals surface area contributed by atoms with Crippen LogP contribution in [0.1, 0.15) is 18.7 Å². The molecule has 2 amide bonds. The lowest BCUT2D eigenvalue weighted by atomic mass is 10.2. The minimum Gasteiger partial charge on any atom is -0.334 e. The lowest BCUT2D eigenvalue weighted by Crippen LogP contribution is -2.50. The smallest absolute Gasteiger partial charge is 0.334 e. The van der Waals surface area contributed by atoms with Gasteiger partial charge in [-0.05, 0) is 30.9 Å². The fraction of sp³-hybridized carbons (Fsp3) is 0.400. The minimum absolute atomic E-state index is 0.128. The van der Waals surface area contributed by atoms with Crippen molar-refractivity contribution in [3.05, 3.63) is 36.2 Å². The normalized spacial score (nSPS) is 15.8. The first-order valence-corrected chi connectivity index (χ1v) is 7.42. The molecule has 1 aliphatic carbocycles. The van der Waals surface area contributed by atoms with Crippen LogP contribution in [0.25, 0.3) is 11.5 Å². The molecule has 2 N–H and O–H groups in total. The molecule has 2 aromatic rings. The molecule has 9 heteroatoms. The number of halogens is 3. The fourth-order valence-corrected chi connectivity index (χ4v) is 2.27. The Morgan fingerprint density at radius 2 is 2.00 bits per heavy atom. The third kappa shape index (κ3) is 4.03. The van der Waals surface area contributed by atoms with Crippen LogP contribution in [0.2, 0.25) is 0 Å². The van der Waals surface area contributed by atoms with Gasteiger partial charge in [-0.1, -0.05) is 23.4 Å². The monoisotopic (exact) mass is 340 g/mol. The summed E-state index contributed by atoms with van der Waals surface area (Å²) in [6, 6.07) is 6.28. The second kappa shape index (κ2) is 6.50. The van der Waals surface area contributed by atoms with Crippen LogP contribution >= 0.6 is 0 Å². The number of urea groups is 1. The largest absolute Gasteiger partial charge is 0.408 e. The van der Waals surface area contributed by atoms with Gasteiger partial charge >= 0.3 is 12.2 Å². The van der Waals surface area contributed by atoms with E-state index in [9.17, 15) is 18.0 Å². The number of nitrogens with zero attached hydrogens (tertiary/aromatic N) is 2. The zero-order valence-corrected chi connectivity index (χ0v) is 12.5. The van der Waals surface area contributed by atoms with E-state index in [-0.39, 0.29) is 18.3 Å². The molecular formula is C15H15F3N4O2. The van der Waals surface area contributed by atoms with Gasteiger partial charge in [-0.15, -0.1) is 0 Å². The van der Waals surface area contributed by atoms with Gasteiger partial charge in [-0.25, -0.2) is 4.79 Å². The Morgan fingerprint density at radius 1 is 1.29 bits per heavy atom. The van der Waals surface area contributed by atoms with E-state index < -0.39 is 24.2 Å². The summed E-state index contributed by atoms with van der Waals surface area (Å²) in [6.07, 6.45) is -3.52. The van der Waals surface area contributed by atoms with E-state index in [0.29, 0.717) is 18.4 Å². The van der Waals surface area contributed by atoms with Crippen molar-refractivity contribution in [2.75, 3.05) is 0 Å². The van der Waals surface area contributed by atoms with Gasteiger partial charge in [0.2, 0.25) is 0 Å². The number of carbonyl (C=O) groups is 1. The third-order valence-corrected chi connectivity index (χ3v) is 3.63. The van der Waals surface area contributed by atoms with Crippen molar-refractivity contribution < 1.29 is 22.5 Å². The first-order chi connectivity index (χ1) is 11.4. The van der Waals surface area contributed by atoms with Crippen molar-refractivity contribution >= 4 is 6.03 Å². The highest BCUT2D eigenvalue weighted by Crippen LogP contribution is 2.40. The highest BCUT2D eigenvalue weighted by Gasteiger charge is 2.49. The Balaban J connectivity index is 1.54. The molecule has 0 aliphatic heterocycles. The molecule has 1 aromatic carbocycles. The van der Waals surface area contributed by atoms with Gasteiger partial charge in [-0.3, -0.25) is 0 Å². The number of alkyl halides is 3. The van der Waals surface area contributed by atoms with E-state index in [0.717, 1.165) is 0 Å². The maximum atomic E-state index is 12.8. The second-order valence-electron chi connectivity index (χ2n) is 5.57. The molecule has 3 rings (SSSR count). The molecule has 0 bridgehead atoms. The predicted molar refractivity (Wildman–Crippen MR) is 77.7 cm³/mol. The molecule has 1 atom stereocenters. The Bertz CT molecular complexity index is 698. The van der Waals surface area contributed by atoms with E-state index in [1.807, 2.05) is 11.4 Å². The summed E-state index contributed by atoms with van der Waals surface area (Å²) in [5.74, 6) is -0.0800. The quantitative estimate of drug-likeness (QED) is 0.877. The van der Waals surface area contributed by atoms with E-state index in [4.69, 9.17) is 4.52 Å². The summed E-state index contributed by atoms with van der Waals surface area (Å²) in [5, 5.41) is 7.97. The maximum Gasteiger partial charge on any atom is 0.408 e. The van der Waals surface area contributed by atoms with Gasteiger partial charge in [0.25, 0.3) is 5.89 Å². The fourth-order valence-electron chi connectivity index (χ4n) is 2.27. The van der Waals surface area contributed by atoms with Crippen molar-refractivity contribution in [3.63, 3.8) is 0 Å². The number of rotatable bonds is 5. The molecule has 24 heavy (non-hydrogen) atoms. The van der Waals surface area contributed by atoms with E-state index in [2.05, 4.69) is 15.5 Å². The van der Waals surface area contributed by atoms with Gasteiger partial charge in [0.1, 0.15) is 6.04 Å². The third-order valence-electron chi connectivity index (χ3n) is 3.63. The van der Waals surface area contributed by atoms with E-state index >= 15 is 0 Å². The van der Waals surface area contributed by atoms with Crippen molar-refractivity contribution in [3.8, 4) is 11.5 Å². The van der Waals surface area contributed by atoms with Crippen LogP contribution in [0.5, 0.6) is 0 Å². The Morgan fingerprint density at radius 3 is 2.62 bits per heavy atom. The lowest BCUT2D eigenvalue weighted by molar-refractivity contribution is -0.157. The highest BCUT2D eigenvalue weighted by atomic mass is 19.4. The van der Waals surface area contributed by atoms with Crippen molar-refractivity contribution in [2.24, 2.45) is 5.92 Å². The number of hydrogen-bond donors (Lipinski definition) is 2. The summed E-state index contributed by atoms with van der Waals surface area (Å²) in [7, 11) is 0. The highest BCUT2D eigenvalue weighted by molar-refractivity contribution is 5.74. The number of aromatic nitrogens is 2. The summed E-state index contributed by atoms with van der Waals surface area (Å²) in [6.45, 7) is -0.128. The molecule has 0 radical (unpaired) electrons. The average Bonchev–Trinajstić information content (AvgIpc) is 3.27. The molecule has 1 aromatic heterocycles. The molecule has 1 fully saturated rings. The first kappa shape index (κ1) is 16.3. The predicted octanol–water partition coefficient (Wildman–Crippen LogP) is 2.88. The van der Waals surface area contributed by atoms with Crippen LogP contribution in [0.3, 0.4) is 0 Å². The molecule has 128 valence electrons. The van der Waals surface area contributed by atoms with Crippen LogP contribution in [-0.2, 0) is 6.54 Å². The molecule has 6 nitrogen and oxygen atoms in total. The number of benzene rings is 1. The number of amides is 2. The molecule has 1 saturated carbocycles. The first-order valence-electron chi connectivity index (χ1n) is 7.42. The Kier molecular flexibility index (Phi) is 4.41. The van der Waals surface area contributed by atoms with Gasteiger partial charge in [0, 0.05) is 5.56 Å². The van der Waals surface area contributed by atoms with Gasteiger partial charge in [-0.2, -0.15) is 18.2 Å². The van der Waals surface area contributed by atoms with E-state index in [1.54, 1.807) is 24.3 Å². The average molecular weight is 340 g/mol. The summed E-state index contributed by atoms with van der Waals surface area (Å²) >= 11 is 0. The van der Waals surface area contributed by atoms with Gasteiger partial charge < -0.3 is 15.2 Å². The van der Waals surface area contributed by atoms with E-state index in [1.165, 1.54) is 0 Å². The summed E-state index contributed by atoms with van der Waals surface area (Å²) < 4.78 is 43.6. The second-order valence-corrected chi connectivity index (χ2v) is 5.57. The number of nitrogens with one attached hydrogen (secondary N) is 2. The molecule has 0 spiro atoms. The topological polar surface area (TPSA) is 80.1 Å². The summed E-state index contributed by atoms with van der Waals surface area (Å²) in [4.78, 5) is 15.8. The molecule has 1 heterocycles. The standard InChI is InChI=1S/C15H15F3N4O2/c16-15(17,18)12(9-6-7-9)21-14(23)19-8-11-20-13(24-22-11)10-4-2-1-3-5-10/h1-5,9,12H,6-8H2,(H2,19,21,23)/t12-/m0/s1. The van der Waals surface area contributed by atoms with Crippen molar-refractivity contribution in [1.29, 1.82) is 0 Å². The van der Waals surface area contributed by atoms with Crippen LogP contribution in [0.15, 0.2) is 34.9 Å². The van der Waals surface area contributed by atoms with Crippen molar-refractivity contribution in [2.45, 2.75) is 31.6 Å². The zero-order chi connectivity index (χ0) is 17.2. The number of hydrogen-bond acceptors (Lipinski definition) is 4. The lowest BCUT2D eigenvalue weighted by Gasteiger charge is -2.21. The molecule has 0 unspecified atom stereocenters.